The van der Waals surface area contributed by atoms with E-state index in [1.165, 1.54) is 24.4 Å². The normalized spacial score (nSPS) is 17.2. The van der Waals surface area contributed by atoms with Crippen LogP contribution in [0, 0.1) is 0 Å². The maximum Gasteiger partial charge on any atom is 0.338 e. The van der Waals surface area contributed by atoms with E-state index in [0.717, 1.165) is 16.7 Å². The van der Waals surface area contributed by atoms with E-state index in [9.17, 15) is 19.5 Å². The fourth-order valence-corrected chi connectivity index (χ4v) is 3.88. The van der Waals surface area contributed by atoms with E-state index < -0.39 is 23.0 Å². The standard InChI is InChI=1S/C16H10Cl2N2O4S/c17-9-4-1-5-10(13(9)18)20-12(21)7-11(15(20)22)25-14-8(16(23)24)3-2-6-19-14/h1-6,11H,7H2,(H,23,24)/t11-/m0/s1. The highest BCUT2D eigenvalue weighted by Gasteiger charge is 2.41. The second kappa shape index (κ2) is 7.03. The molecule has 2 aromatic rings. The fraction of sp³-hybridized carbons (Fsp3) is 0.125. The number of aromatic nitrogens is 1. The number of hydrogen-bond donors (Lipinski definition) is 1. The van der Waals surface area contributed by atoms with Gasteiger partial charge in [-0.05, 0) is 24.3 Å². The van der Waals surface area contributed by atoms with Crippen LogP contribution in [0.5, 0.6) is 0 Å². The first-order valence-corrected chi connectivity index (χ1v) is 8.69. The van der Waals surface area contributed by atoms with Crippen molar-refractivity contribution < 1.29 is 19.5 Å². The topological polar surface area (TPSA) is 87.6 Å². The molecule has 0 saturated carbocycles. The number of thioether (sulfide) groups is 1. The molecular formula is C16H10Cl2N2O4S. The van der Waals surface area contributed by atoms with Crippen molar-refractivity contribution in [2.75, 3.05) is 4.90 Å². The lowest BCUT2D eigenvalue weighted by Crippen LogP contribution is -2.31. The van der Waals surface area contributed by atoms with Gasteiger partial charge in [0.1, 0.15) is 5.03 Å². The molecule has 1 saturated heterocycles. The number of anilines is 1. The first kappa shape index (κ1) is 17.7. The molecule has 1 aromatic carbocycles. The quantitative estimate of drug-likeness (QED) is 0.795. The molecular weight excluding hydrogens is 387 g/mol. The summed E-state index contributed by atoms with van der Waals surface area (Å²) in [6.45, 7) is 0. The van der Waals surface area contributed by atoms with Gasteiger partial charge >= 0.3 is 5.97 Å². The molecule has 0 bridgehead atoms. The number of aromatic carboxylic acids is 1. The van der Waals surface area contributed by atoms with Gasteiger partial charge in [-0.1, -0.05) is 41.0 Å². The van der Waals surface area contributed by atoms with Crippen molar-refractivity contribution in [3.63, 3.8) is 0 Å². The Bertz CT molecular complexity index is 890. The van der Waals surface area contributed by atoms with Crippen molar-refractivity contribution in [3.05, 3.63) is 52.1 Å². The number of rotatable bonds is 4. The SMILES string of the molecule is O=C(O)c1cccnc1S[C@H]1CC(=O)N(c2cccc(Cl)c2Cl)C1=O. The predicted octanol–water partition coefficient (Wildman–Crippen LogP) is 3.51. The van der Waals surface area contributed by atoms with Gasteiger partial charge < -0.3 is 5.11 Å². The van der Waals surface area contributed by atoms with Crippen molar-refractivity contribution >= 4 is 58.4 Å². The summed E-state index contributed by atoms with van der Waals surface area (Å²) in [6, 6.07) is 7.56. The van der Waals surface area contributed by atoms with Gasteiger partial charge in [0, 0.05) is 12.6 Å². The molecule has 6 nitrogen and oxygen atoms in total. The highest BCUT2D eigenvalue weighted by Crippen LogP contribution is 2.39. The van der Waals surface area contributed by atoms with Gasteiger partial charge in [-0.25, -0.2) is 14.7 Å². The molecule has 3 rings (SSSR count). The number of imide groups is 1. The number of pyridine rings is 1. The number of carbonyl (C=O) groups excluding carboxylic acids is 2. The monoisotopic (exact) mass is 396 g/mol. The van der Waals surface area contributed by atoms with Gasteiger partial charge in [0.05, 0.1) is 26.5 Å². The second-order valence-corrected chi connectivity index (χ2v) is 7.09. The first-order valence-electron chi connectivity index (χ1n) is 7.06. The van der Waals surface area contributed by atoms with Crippen LogP contribution in [0.25, 0.3) is 0 Å². The number of carbonyl (C=O) groups is 3. The van der Waals surface area contributed by atoms with Crippen molar-refractivity contribution in [3.8, 4) is 0 Å². The summed E-state index contributed by atoms with van der Waals surface area (Å²) in [5.74, 6) is -2.07. The summed E-state index contributed by atoms with van der Waals surface area (Å²) in [5.41, 5.74) is 0.193. The van der Waals surface area contributed by atoms with E-state index in [1.807, 2.05) is 0 Å². The Labute approximate surface area is 156 Å². The summed E-state index contributed by atoms with van der Waals surface area (Å²) in [5, 5.41) is 8.95. The Kier molecular flexibility index (Phi) is 4.99. The maximum absolute atomic E-state index is 12.7. The zero-order valence-corrected chi connectivity index (χ0v) is 14.8. The number of halogens is 2. The third-order valence-electron chi connectivity index (χ3n) is 3.53. The zero-order valence-electron chi connectivity index (χ0n) is 12.5. The lowest BCUT2D eigenvalue weighted by atomic mass is 10.3. The molecule has 0 radical (unpaired) electrons. The molecule has 1 aliphatic heterocycles. The van der Waals surface area contributed by atoms with Crippen LogP contribution in [0.15, 0.2) is 41.6 Å². The van der Waals surface area contributed by atoms with Crippen LogP contribution in [0.2, 0.25) is 10.0 Å². The van der Waals surface area contributed by atoms with Crippen LogP contribution >= 0.6 is 35.0 Å². The molecule has 0 unspecified atom stereocenters. The van der Waals surface area contributed by atoms with Crippen LogP contribution in [-0.4, -0.2) is 33.1 Å². The number of hydrogen-bond acceptors (Lipinski definition) is 5. The average Bonchev–Trinajstić information content (AvgIpc) is 2.85. The van der Waals surface area contributed by atoms with Gasteiger partial charge in [-0.15, -0.1) is 0 Å². The summed E-state index contributed by atoms with van der Waals surface area (Å²) in [6.07, 6.45) is 1.35. The first-order chi connectivity index (χ1) is 11.9. The smallest absolute Gasteiger partial charge is 0.338 e. The lowest BCUT2D eigenvalue weighted by molar-refractivity contribution is -0.121. The van der Waals surface area contributed by atoms with Crippen molar-refractivity contribution in [2.45, 2.75) is 16.7 Å². The molecule has 1 aromatic heterocycles. The second-order valence-electron chi connectivity index (χ2n) is 5.11. The van der Waals surface area contributed by atoms with E-state index in [4.69, 9.17) is 23.2 Å². The molecule has 1 aliphatic rings. The summed E-state index contributed by atoms with van der Waals surface area (Å²) >= 11 is 13.0. The Morgan fingerprint density at radius 3 is 2.72 bits per heavy atom. The Balaban J connectivity index is 1.90. The van der Waals surface area contributed by atoms with Crippen LogP contribution in [-0.2, 0) is 9.59 Å². The maximum atomic E-state index is 12.7. The molecule has 128 valence electrons. The summed E-state index contributed by atoms with van der Waals surface area (Å²) in [4.78, 5) is 41.2. The predicted molar refractivity (Wildman–Crippen MR) is 94.4 cm³/mol. The zero-order chi connectivity index (χ0) is 18.1. The van der Waals surface area contributed by atoms with Gasteiger partial charge in [0.15, 0.2) is 0 Å². The van der Waals surface area contributed by atoms with Crippen LogP contribution in [0.3, 0.4) is 0 Å². The minimum atomic E-state index is -1.15. The lowest BCUT2D eigenvalue weighted by Gasteiger charge is -2.17. The van der Waals surface area contributed by atoms with Crippen LogP contribution < -0.4 is 4.90 Å². The minimum absolute atomic E-state index is 0.0213. The molecule has 2 amide bonds. The molecule has 25 heavy (non-hydrogen) atoms. The number of benzene rings is 1. The highest BCUT2D eigenvalue weighted by atomic mass is 35.5. The molecule has 9 heteroatoms. The summed E-state index contributed by atoms with van der Waals surface area (Å²) < 4.78 is 0. The Hall–Kier alpha value is -2.09. The van der Waals surface area contributed by atoms with Gasteiger partial charge in [0.2, 0.25) is 11.8 Å². The van der Waals surface area contributed by atoms with Gasteiger partial charge in [0.25, 0.3) is 0 Å². The number of amides is 2. The minimum Gasteiger partial charge on any atom is -0.478 e. The molecule has 0 spiro atoms. The van der Waals surface area contributed by atoms with Crippen molar-refractivity contribution in [1.29, 1.82) is 0 Å². The summed E-state index contributed by atoms with van der Waals surface area (Å²) in [7, 11) is 0. The molecule has 1 N–H and O–H groups in total. The highest BCUT2D eigenvalue weighted by molar-refractivity contribution is 8.00. The van der Waals surface area contributed by atoms with Crippen molar-refractivity contribution in [2.24, 2.45) is 0 Å². The van der Waals surface area contributed by atoms with Gasteiger partial charge in [-0.3, -0.25) is 9.59 Å². The Morgan fingerprint density at radius 1 is 1.24 bits per heavy atom. The van der Waals surface area contributed by atoms with E-state index in [0.29, 0.717) is 0 Å². The average molecular weight is 397 g/mol. The molecule has 2 heterocycles. The van der Waals surface area contributed by atoms with Gasteiger partial charge in [-0.2, -0.15) is 0 Å². The van der Waals surface area contributed by atoms with E-state index in [1.54, 1.807) is 12.1 Å². The third kappa shape index (κ3) is 3.35. The van der Waals surface area contributed by atoms with E-state index >= 15 is 0 Å². The van der Waals surface area contributed by atoms with E-state index in [2.05, 4.69) is 4.98 Å². The Morgan fingerprint density at radius 2 is 2.00 bits per heavy atom. The van der Waals surface area contributed by atoms with Crippen LogP contribution in [0.1, 0.15) is 16.8 Å². The largest absolute Gasteiger partial charge is 0.478 e. The van der Waals surface area contributed by atoms with Crippen LogP contribution in [0.4, 0.5) is 5.69 Å². The fourth-order valence-electron chi connectivity index (χ4n) is 2.40. The number of carboxylic acids is 1. The molecule has 1 fully saturated rings. The van der Waals surface area contributed by atoms with Crippen molar-refractivity contribution in [1.82, 2.24) is 4.98 Å². The number of nitrogens with zero attached hydrogens (tertiary/aromatic N) is 2. The third-order valence-corrected chi connectivity index (χ3v) is 5.54. The van der Waals surface area contributed by atoms with E-state index in [-0.39, 0.29) is 32.7 Å². The number of carboxylic acid groups (broad SMARTS) is 1. The molecule has 0 aliphatic carbocycles. The molecule has 1 atom stereocenters.